The van der Waals surface area contributed by atoms with Crippen molar-refractivity contribution in [1.29, 1.82) is 0 Å². The first kappa shape index (κ1) is 36.7. The molecular weight excluding hydrogens is 637 g/mol. The van der Waals surface area contributed by atoms with Gasteiger partial charge < -0.3 is 18.3 Å². The fourth-order valence-electron chi connectivity index (χ4n) is 5.04. The van der Waals surface area contributed by atoms with E-state index in [0.29, 0.717) is 12.4 Å². The van der Waals surface area contributed by atoms with Gasteiger partial charge in [-0.25, -0.2) is 9.67 Å². The van der Waals surface area contributed by atoms with Crippen LogP contribution in [-0.4, -0.2) is 55.7 Å². The number of nitrogens with one attached hydrogen (secondary N) is 1. The normalized spacial score (nSPS) is 18.0. The molecule has 1 aliphatic heterocycles. The molecule has 48 heavy (non-hydrogen) atoms. The van der Waals surface area contributed by atoms with Crippen LogP contribution in [0.2, 0.25) is 18.1 Å². The minimum absolute atomic E-state index is 0.103. The number of hydrogen-bond donors (Lipinski definition) is 1. The molecule has 1 fully saturated rings. The van der Waals surface area contributed by atoms with Gasteiger partial charge in [-0.05, 0) is 109 Å². The lowest BCUT2D eigenvalue weighted by Crippen LogP contribution is -2.41. The lowest BCUT2D eigenvalue weighted by atomic mass is 9.76. The molecule has 0 radical (unpaired) electrons. The van der Waals surface area contributed by atoms with Crippen molar-refractivity contribution in [3.8, 4) is 17.1 Å². The minimum atomic E-state index is -1.96. The van der Waals surface area contributed by atoms with E-state index in [9.17, 15) is 4.55 Å². The van der Waals surface area contributed by atoms with E-state index in [2.05, 4.69) is 78.4 Å². The van der Waals surface area contributed by atoms with E-state index in [1.807, 2.05) is 75.0 Å². The molecule has 0 spiro atoms. The maximum Gasteiger partial charge on any atom is 0.495 e. The van der Waals surface area contributed by atoms with Crippen molar-refractivity contribution in [1.82, 2.24) is 24.5 Å². The summed E-state index contributed by atoms with van der Waals surface area (Å²) in [6.07, 6.45) is 1.86. The largest absolute Gasteiger partial charge is 0.598 e. The van der Waals surface area contributed by atoms with Crippen LogP contribution < -0.4 is 10.2 Å². The zero-order valence-corrected chi connectivity index (χ0v) is 32.7. The Labute approximate surface area is 291 Å². The summed E-state index contributed by atoms with van der Waals surface area (Å²) < 4.78 is 37.2. The number of pyridine rings is 2. The van der Waals surface area contributed by atoms with E-state index in [4.69, 9.17) is 28.8 Å². The van der Waals surface area contributed by atoms with Crippen molar-refractivity contribution >= 4 is 43.2 Å². The maximum absolute atomic E-state index is 12.9. The van der Waals surface area contributed by atoms with Crippen LogP contribution >= 0.6 is 0 Å². The average Bonchev–Trinajstić information content (AvgIpc) is 3.51. The second-order valence-corrected chi connectivity index (χ2v) is 23.2. The van der Waals surface area contributed by atoms with E-state index in [0.717, 1.165) is 39.0 Å². The van der Waals surface area contributed by atoms with E-state index < -0.39 is 42.7 Å². The number of rotatable bonds is 9. The second-order valence-electron chi connectivity index (χ2n) is 16.3. The summed E-state index contributed by atoms with van der Waals surface area (Å²) in [5.41, 5.74) is 4.02. The van der Waals surface area contributed by atoms with E-state index in [-0.39, 0.29) is 11.1 Å². The van der Waals surface area contributed by atoms with Crippen molar-refractivity contribution in [3.63, 3.8) is 0 Å². The third-order valence-electron chi connectivity index (χ3n) is 9.97. The molecule has 12 heteroatoms. The number of hydrogen-bond acceptors (Lipinski definition) is 8. The second kappa shape index (κ2) is 12.9. The Morgan fingerprint density at radius 3 is 2.25 bits per heavy atom. The Hall–Kier alpha value is -2.58. The van der Waals surface area contributed by atoms with Gasteiger partial charge in [0.05, 0.1) is 52.6 Å². The molecule has 3 aromatic heterocycles. The predicted octanol–water partition coefficient (Wildman–Crippen LogP) is 7.42. The Kier molecular flexibility index (Phi) is 9.90. The van der Waals surface area contributed by atoms with E-state index >= 15 is 0 Å². The van der Waals surface area contributed by atoms with Gasteiger partial charge in [0, 0.05) is 22.3 Å². The monoisotopic (exact) mass is 689 g/mol. The van der Waals surface area contributed by atoms with Crippen LogP contribution in [-0.2, 0) is 31.7 Å². The highest BCUT2D eigenvalue weighted by Crippen LogP contribution is 2.39. The van der Waals surface area contributed by atoms with Crippen LogP contribution in [0.4, 0.5) is 0 Å². The highest BCUT2D eigenvalue weighted by Gasteiger charge is 2.52. The fraction of sp³-hybridized carbons (Fsp3) is 0.528. The third kappa shape index (κ3) is 7.45. The third-order valence-corrected chi connectivity index (χ3v) is 16.1. The Bertz CT molecular complexity index is 1770. The lowest BCUT2D eigenvalue weighted by molar-refractivity contribution is 0.00578. The number of nitrogens with zero attached hydrogens (tertiary/aromatic N) is 4. The highest BCUT2D eigenvalue weighted by atomic mass is 32.2. The first-order valence-electron chi connectivity index (χ1n) is 16.7. The van der Waals surface area contributed by atoms with Gasteiger partial charge in [0.15, 0.2) is 14.1 Å². The molecule has 1 saturated heterocycles. The summed E-state index contributed by atoms with van der Waals surface area (Å²) in [6, 6.07) is 15.9. The molecule has 1 unspecified atom stereocenters. The Morgan fingerprint density at radius 2 is 1.62 bits per heavy atom. The summed E-state index contributed by atoms with van der Waals surface area (Å²) in [5.74, 6) is 0.697. The number of benzene rings is 1. The summed E-state index contributed by atoms with van der Waals surface area (Å²) >= 11 is -1.24. The van der Waals surface area contributed by atoms with Gasteiger partial charge in [0.1, 0.15) is 4.75 Å². The number of aromatic nitrogens is 4. The molecular formula is C36H52BN5O4SSi. The molecule has 258 valence electrons. The topological polar surface area (TPSA) is 106 Å². The predicted molar refractivity (Wildman–Crippen MR) is 199 cm³/mol. The van der Waals surface area contributed by atoms with Crippen molar-refractivity contribution < 1.29 is 18.3 Å². The van der Waals surface area contributed by atoms with Gasteiger partial charge in [0.2, 0.25) is 0 Å². The van der Waals surface area contributed by atoms with Crippen LogP contribution in [0.15, 0.2) is 54.7 Å². The van der Waals surface area contributed by atoms with Gasteiger partial charge in [-0.1, -0.05) is 39.0 Å². The Balaban J connectivity index is 1.59. The van der Waals surface area contributed by atoms with Crippen LogP contribution in [0.25, 0.3) is 28.0 Å². The zero-order chi connectivity index (χ0) is 35.4. The zero-order valence-electron chi connectivity index (χ0n) is 30.9. The molecule has 4 aromatic rings. The average molecular weight is 690 g/mol. The van der Waals surface area contributed by atoms with Crippen molar-refractivity contribution in [2.45, 2.75) is 123 Å². The quantitative estimate of drug-likeness (QED) is 0.143. The Morgan fingerprint density at radius 1 is 0.979 bits per heavy atom. The maximum atomic E-state index is 12.9. The van der Waals surface area contributed by atoms with Crippen LogP contribution in [0.3, 0.4) is 0 Å². The van der Waals surface area contributed by atoms with Crippen molar-refractivity contribution in [3.05, 3.63) is 66.1 Å². The summed E-state index contributed by atoms with van der Waals surface area (Å²) in [4.78, 5) is 10.0. The molecule has 4 heterocycles. The molecule has 1 aromatic carbocycles. The van der Waals surface area contributed by atoms with Gasteiger partial charge >= 0.3 is 7.12 Å². The molecule has 9 nitrogen and oxygen atoms in total. The molecule has 5 rings (SSSR count). The summed E-state index contributed by atoms with van der Waals surface area (Å²) in [7, 11) is -2.56. The minimum Gasteiger partial charge on any atom is -0.598 e. The highest BCUT2D eigenvalue weighted by molar-refractivity contribution is 7.90. The number of fused-ring (bicyclic) bond motifs is 1. The van der Waals surface area contributed by atoms with Gasteiger partial charge in [-0.15, -0.1) is 4.72 Å². The first-order valence-corrected chi connectivity index (χ1v) is 20.8. The molecule has 1 N–H and O–H groups in total. The van der Waals surface area contributed by atoms with Crippen LogP contribution in [0.1, 0.15) is 93.6 Å². The summed E-state index contributed by atoms with van der Waals surface area (Å²) in [5, 5.41) is 5.86. The smallest absolute Gasteiger partial charge is 0.495 e. The van der Waals surface area contributed by atoms with Gasteiger partial charge in [0.25, 0.3) is 0 Å². The fourth-order valence-corrected chi connectivity index (χ4v) is 6.77. The standard InChI is InChI=1S/C36H52BN5O4SSi/c1-24(41-47(43)33(2,3)4)29-17-15-18-30(40-29)25-20-28(37-45-35(8,9)36(10,11)46-37)27-22-38-42(31(27)21-25)32-19-14-16-26(39-32)23-44-48(12,13)34(5,6)7/h14-22,24,41H,23H2,1-13H3/t24-,47?/m0/s1. The van der Waals surface area contributed by atoms with Crippen molar-refractivity contribution in [2.24, 2.45) is 0 Å². The molecule has 0 aliphatic carbocycles. The molecule has 0 bridgehead atoms. The molecule has 0 saturated carbocycles. The molecule has 2 atom stereocenters. The van der Waals surface area contributed by atoms with Crippen molar-refractivity contribution in [2.75, 3.05) is 0 Å². The molecule has 0 amide bonds. The first-order chi connectivity index (χ1) is 22.1. The van der Waals surface area contributed by atoms with E-state index in [1.165, 1.54) is 0 Å². The van der Waals surface area contributed by atoms with Crippen LogP contribution in [0.5, 0.6) is 0 Å². The van der Waals surface area contributed by atoms with Crippen LogP contribution in [0, 0.1) is 0 Å². The van der Waals surface area contributed by atoms with Gasteiger partial charge in [-0.3, -0.25) is 4.98 Å². The van der Waals surface area contributed by atoms with Gasteiger partial charge in [-0.2, -0.15) is 5.10 Å². The van der Waals surface area contributed by atoms with E-state index in [1.54, 1.807) is 0 Å². The molecule has 1 aliphatic rings. The lowest BCUT2D eigenvalue weighted by Gasteiger charge is -2.36. The SMILES string of the molecule is C[C@H](N[S+]([O-])C(C)(C)C)c1cccc(-c2cc(B3OC(C)(C)C(C)(C)O3)c3cnn(-c4cccc(CO[Si](C)(C)C(C)(C)C)n4)c3c2)n1. The summed E-state index contributed by atoms with van der Waals surface area (Å²) in [6.45, 7) is 27.7.